The molecule has 2 amide bonds. The number of carbonyl (C=O) groups is 2. The van der Waals surface area contributed by atoms with E-state index in [1.165, 1.54) is 4.90 Å². The van der Waals surface area contributed by atoms with Crippen LogP contribution in [0.5, 0.6) is 0 Å². The van der Waals surface area contributed by atoms with Crippen molar-refractivity contribution in [3.8, 4) is 0 Å². The van der Waals surface area contributed by atoms with Gasteiger partial charge in [-0.05, 0) is 52.9 Å². The molecule has 0 heterocycles. The second-order valence-electron chi connectivity index (χ2n) is 8.38. The lowest BCUT2D eigenvalue weighted by Crippen LogP contribution is -2.50. The summed E-state index contributed by atoms with van der Waals surface area (Å²) in [4.78, 5) is 29.8. The van der Waals surface area contributed by atoms with Gasteiger partial charge in [-0.15, -0.1) is 24.0 Å². The van der Waals surface area contributed by atoms with Crippen LogP contribution in [0.1, 0.15) is 53.9 Å². The summed E-state index contributed by atoms with van der Waals surface area (Å²) in [6.45, 7) is 10.3. The van der Waals surface area contributed by atoms with Crippen molar-refractivity contribution in [2.24, 2.45) is 10.9 Å². The van der Waals surface area contributed by atoms with Crippen LogP contribution in [0.25, 0.3) is 0 Å². The van der Waals surface area contributed by atoms with E-state index >= 15 is 0 Å². The molecule has 0 spiro atoms. The predicted molar refractivity (Wildman–Crippen MR) is 123 cm³/mol. The summed E-state index contributed by atoms with van der Waals surface area (Å²) in [5.41, 5.74) is -0.525. The Bertz CT molecular complexity index is 530. The Labute approximate surface area is 186 Å². The zero-order valence-electron chi connectivity index (χ0n) is 18.3. The van der Waals surface area contributed by atoms with Gasteiger partial charge in [-0.2, -0.15) is 0 Å². The largest absolute Gasteiger partial charge is 0.444 e. The van der Waals surface area contributed by atoms with Crippen molar-refractivity contribution < 1.29 is 14.3 Å². The van der Waals surface area contributed by atoms with Gasteiger partial charge in [0, 0.05) is 26.7 Å². The van der Waals surface area contributed by atoms with E-state index in [0.717, 1.165) is 19.3 Å². The lowest BCUT2D eigenvalue weighted by Gasteiger charge is -2.25. The van der Waals surface area contributed by atoms with Crippen LogP contribution in [-0.2, 0) is 9.53 Å². The van der Waals surface area contributed by atoms with Crippen LogP contribution in [0, 0.1) is 5.92 Å². The van der Waals surface area contributed by atoms with Gasteiger partial charge in [-0.3, -0.25) is 4.79 Å². The summed E-state index contributed by atoms with van der Waals surface area (Å²) in [6, 6.07) is 0.192. The van der Waals surface area contributed by atoms with E-state index in [4.69, 9.17) is 4.74 Å². The maximum Gasteiger partial charge on any atom is 0.407 e. The molecular weight excluding hydrogens is 473 g/mol. The van der Waals surface area contributed by atoms with Crippen molar-refractivity contribution in [3.63, 3.8) is 0 Å². The molecule has 164 valence electrons. The third kappa shape index (κ3) is 11.6. The maximum atomic E-state index is 12.1. The number of likely N-dealkylation sites (N-methyl/N-ethyl adjacent to an activating group) is 1. The Morgan fingerprint density at radius 2 is 1.82 bits per heavy atom. The molecule has 8 nitrogen and oxygen atoms in total. The Balaban J connectivity index is 0.00000729. The molecule has 0 aromatic heterocycles. The van der Waals surface area contributed by atoms with Crippen molar-refractivity contribution in [1.29, 1.82) is 0 Å². The first-order valence-electron chi connectivity index (χ1n) is 9.76. The average Bonchev–Trinajstić information content (AvgIpc) is 3.38. The fourth-order valence-corrected chi connectivity index (χ4v) is 2.28. The summed E-state index contributed by atoms with van der Waals surface area (Å²) in [7, 11) is 3.42. The number of amides is 2. The molecule has 2 atom stereocenters. The van der Waals surface area contributed by atoms with Crippen molar-refractivity contribution in [2.75, 3.05) is 27.2 Å². The van der Waals surface area contributed by atoms with Crippen LogP contribution in [0.4, 0.5) is 4.79 Å². The highest BCUT2D eigenvalue weighted by Gasteiger charge is 2.33. The van der Waals surface area contributed by atoms with Gasteiger partial charge in [-0.25, -0.2) is 9.79 Å². The number of alkyl carbamates (subject to hydrolysis) is 1. The Kier molecular flexibility index (Phi) is 11.8. The molecule has 1 rings (SSSR count). The molecule has 0 saturated heterocycles. The Morgan fingerprint density at radius 3 is 2.29 bits per heavy atom. The molecule has 1 aliphatic rings. The zero-order chi connectivity index (χ0) is 20.6. The number of guanidine groups is 1. The highest BCUT2D eigenvalue weighted by molar-refractivity contribution is 14.0. The van der Waals surface area contributed by atoms with Crippen LogP contribution in [0.15, 0.2) is 4.99 Å². The first kappa shape index (κ1) is 26.7. The number of rotatable bonds is 8. The average molecular weight is 511 g/mol. The molecule has 0 aromatic carbocycles. The number of nitrogens with one attached hydrogen (secondary N) is 3. The van der Waals surface area contributed by atoms with Gasteiger partial charge in [0.05, 0.1) is 6.04 Å². The smallest absolute Gasteiger partial charge is 0.407 e. The normalized spacial score (nSPS) is 16.3. The minimum Gasteiger partial charge on any atom is -0.444 e. The molecule has 9 heteroatoms. The lowest BCUT2D eigenvalue weighted by molar-refractivity contribution is -0.127. The summed E-state index contributed by atoms with van der Waals surface area (Å²) >= 11 is 0. The van der Waals surface area contributed by atoms with Gasteiger partial charge in [0.25, 0.3) is 0 Å². The quantitative estimate of drug-likeness (QED) is 0.264. The second-order valence-corrected chi connectivity index (χ2v) is 8.38. The van der Waals surface area contributed by atoms with Crippen molar-refractivity contribution in [1.82, 2.24) is 20.9 Å². The van der Waals surface area contributed by atoms with Gasteiger partial charge < -0.3 is 25.6 Å². The van der Waals surface area contributed by atoms with E-state index in [-0.39, 0.29) is 48.5 Å². The number of carbonyl (C=O) groups excluding carboxylic acids is 2. The monoisotopic (exact) mass is 511 g/mol. The van der Waals surface area contributed by atoms with Gasteiger partial charge in [-0.1, -0.05) is 6.92 Å². The van der Waals surface area contributed by atoms with E-state index in [2.05, 4.69) is 34.8 Å². The van der Waals surface area contributed by atoms with E-state index in [1.807, 2.05) is 20.8 Å². The number of hydrogen-bond acceptors (Lipinski definition) is 4. The molecule has 0 radical (unpaired) electrons. The number of nitrogens with zero attached hydrogens (tertiary/aromatic N) is 2. The third-order valence-electron chi connectivity index (χ3n) is 4.25. The Morgan fingerprint density at radius 1 is 1.21 bits per heavy atom. The lowest BCUT2D eigenvalue weighted by atomic mass is 10.2. The second kappa shape index (κ2) is 12.3. The Hall–Kier alpha value is -1.26. The molecule has 1 fully saturated rings. The van der Waals surface area contributed by atoms with Gasteiger partial charge in [0.2, 0.25) is 5.91 Å². The number of halogens is 1. The van der Waals surface area contributed by atoms with Crippen LogP contribution >= 0.6 is 24.0 Å². The minimum absolute atomic E-state index is 0. The van der Waals surface area contributed by atoms with Gasteiger partial charge >= 0.3 is 6.09 Å². The molecule has 3 N–H and O–H groups in total. The predicted octanol–water partition coefficient (Wildman–Crippen LogP) is 2.33. The molecule has 2 unspecified atom stereocenters. The topological polar surface area (TPSA) is 95.1 Å². The molecular formula is C19H38IN5O3. The van der Waals surface area contributed by atoms with E-state index < -0.39 is 11.7 Å². The molecule has 28 heavy (non-hydrogen) atoms. The molecule has 0 aliphatic heterocycles. The van der Waals surface area contributed by atoms with Crippen molar-refractivity contribution in [3.05, 3.63) is 0 Å². The fourth-order valence-electron chi connectivity index (χ4n) is 2.28. The highest BCUT2D eigenvalue weighted by atomic mass is 127. The third-order valence-corrected chi connectivity index (χ3v) is 4.25. The molecule has 0 aromatic rings. The van der Waals surface area contributed by atoms with E-state index in [0.29, 0.717) is 18.4 Å². The van der Waals surface area contributed by atoms with Crippen LogP contribution < -0.4 is 16.0 Å². The fraction of sp³-hybridized carbons (Fsp3) is 0.842. The minimum atomic E-state index is -0.525. The zero-order valence-corrected chi connectivity index (χ0v) is 20.6. The van der Waals surface area contributed by atoms with Crippen LogP contribution in [-0.4, -0.2) is 67.7 Å². The molecule has 1 saturated carbocycles. The van der Waals surface area contributed by atoms with E-state index in [9.17, 15) is 9.59 Å². The first-order chi connectivity index (χ1) is 12.5. The highest BCUT2D eigenvalue weighted by Crippen LogP contribution is 2.32. The van der Waals surface area contributed by atoms with Crippen molar-refractivity contribution in [2.45, 2.75) is 71.6 Å². The number of aliphatic imine (C=N–C) groups is 1. The SMILES string of the molecule is CCC(C)NC(=NCC(=O)N(C)C)NCC(NC(=O)OC(C)(C)C)C1CC1.I. The summed E-state index contributed by atoms with van der Waals surface area (Å²) < 4.78 is 5.37. The van der Waals surface area contributed by atoms with Crippen LogP contribution in [0.3, 0.4) is 0 Å². The first-order valence-corrected chi connectivity index (χ1v) is 9.76. The van der Waals surface area contributed by atoms with Crippen molar-refractivity contribution >= 4 is 41.9 Å². The summed E-state index contributed by atoms with van der Waals surface area (Å²) in [5, 5.41) is 9.52. The van der Waals surface area contributed by atoms with E-state index in [1.54, 1.807) is 14.1 Å². The molecule has 0 bridgehead atoms. The standard InChI is InChI=1S/C19H37N5O3.HI/c1-8-13(2)22-17(21-12-16(25)24(6)7)20-11-15(14-9-10-14)23-18(26)27-19(3,4)5;/h13-15H,8-12H2,1-7H3,(H,23,26)(H2,20,21,22);1H. The van der Waals surface area contributed by atoms with Gasteiger partial charge in [0.1, 0.15) is 12.1 Å². The summed E-state index contributed by atoms with van der Waals surface area (Å²) in [5.74, 6) is 0.959. The maximum absolute atomic E-state index is 12.1. The number of ether oxygens (including phenoxy) is 1. The van der Waals surface area contributed by atoms with Gasteiger partial charge in [0.15, 0.2) is 5.96 Å². The van der Waals surface area contributed by atoms with Crippen LogP contribution in [0.2, 0.25) is 0 Å². The molecule has 1 aliphatic carbocycles. The summed E-state index contributed by atoms with van der Waals surface area (Å²) in [6.07, 6.45) is 2.71. The number of hydrogen-bond donors (Lipinski definition) is 3.